The zero-order valence-corrected chi connectivity index (χ0v) is 13.0. The van der Waals surface area contributed by atoms with Gasteiger partial charge in [0, 0.05) is 24.8 Å². The maximum Gasteiger partial charge on any atom is 0.239 e. The topological polar surface area (TPSA) is 58.4 Å². The molecule has 0 radical (unpaired) electrons. The Kier molecular flexibility index (Phi) is 6.05. The Balaban J connectivity index is 1.94. The summed E-state index contributed by atoms with van der Waals surface area (Å²) < 4.78 is 0. The number of nitrogens with one attached hydrogen (secondary N) is 1. The third kappa shape index (κ3) is 4.74. The number of carbonyl (C=O) groups excluding carboxylic acids is 1. The normalized spacial score (nSPS) is 15.1. The summed E-state index contributed by atoms with van der Waals surface area (Å²) in [5, 5.41) is 3.16. The lowest BCUT2D eigenvalue weighted by atomic mass is 10.2. The largest absolute Gasteiger partial charge is 0.362 e. The van der Waals surface area contributed by atoms with E-state index in [-0.39, 0.29) is 5.91 Å². The van der Waals surface area contributed by atoms with Crippen LogP contribution in [0, 0.1) is 0 Å². The molecular weight excluding hydrogens is 262 g/mol. The van der Waals surface area contributed by atoms with E-state index in [1.54, 1.807) is 0 Å². The van der Waals surface area contributed by atoms with Crippen LogP contribution < -0.4 is 16.0 Å². The van der Waals surface area contributed by atoms with E-state index in [4.69, 9.17) is 5.73 Å². The van der Waals surface area contributed by atoms with Crippen LogP contribution in [0.1, 0.15) is 44.6 Å². The molecule has 0 atom stereocenters. The molecule has 4 nitrogen and oxygen atoms in total. The fraction of sp³-hybridized carbons (Fsp3) is 0.588. The molecule has 0 aliphatic heterocycles. The van der Waals surface area contributed by atoms with E-state index in [0.29, 0.717) is 19.1 Å². The smallest absolute Gasteiger partial charge is 0.239 e. The molecule has 1 aliphatic rings. The number of hydrogen-bond acceptors (Lipinski definition) is 3. The molecular formula is C17H27N3O. The van der Waals surface area contributed by atoms with Crippen LogP contribution in [0.4, 0.5) is 5.69 Å². The van der Waals surface area contributed by atoms with E-state index in [1.165, 1.54) is 12.8 Å². The lowest BCUT2D eigenvalue weighted by Gasteiger charge is -2.25. The molecule has 0 saturated heterocycles. The Morgan fingerprint density at radius 1 is 1.29 bits per heavy atom. The van der Waals surface area contributed by atoms with E-state index in [1.807, 2.05) is 12.1 Å². The maximum absolute atomic E-state index is 12.2. The van der Waals surface area contributed by atoms with Crippen LogP contribution in [0.5, 0.6) is 0 Å². The van der Waals surface area contributed by atoms with Crippen LogP contribution in [-0.4, -0.2) is 25.0 Å². The van der Waals surface area contributed by atoms with Crippen molar-refractivity contribution < 1.29 is 4.79 Å². The fourth-order valence-electron chi connectivity index (χ4n) is 2.93. The van der Waals surface area contributed by atoms with Gasteiger partial charge in [-0.25, -0.2) is 0 Å². The van der Waals surface area contributed by atoms with Crippen molar-refractivity contribution in [3.8, 4) is 0 Å². The Bertz CT molecular complexity index is 438. The second-order valence-electron chi connectivity index (χ2n) is 5.84. The highest BCUT2D eigenvalue weighted by molar-refractivity contribution is 5.81. The number of carbonyl (C=O) groups is 1. The third-order valence-corrected chi connectivity index (χ3v) is 4.09. The highest BCUT2D eigenvalue weighted by Crippen LogP contribution is 2.18. The number of amides is 1. The van der Waals surface area contributed by atoms with E-state index in [9.17, 15) is 4.79 Å². The molecule has 0 bridgehead atoms. The van der Waals surface area contributed by atoms with Crippen LogP contribution in [-0.2, 0) is 11.3 Å². The van der Waals surface area contributed by atoms with Crippen molar-refractivity contribution in [1.82, 2.24) is 5.32 Å². The van der Waals surface area contributed by atoms with Crippen LogP contribution in [0.3, 0.4) is 0 Å². The molecule has 1 aromatic carbocycles. The number of hydrogen-bond donors (Lipinski definition) is 2. The minimum absolute atomic E-state index is 0.137. The molecule has 0 unspecified atom stereocenters. The van der Waals surface area contributed by atoms with E-state index in [2.05, 4.69) is 29.3 Å². The van der Waals surface area contributed by atoms with Gasteiger partial charge >= 0.3 is 0 Å². The molecule has 4 heteroatoms. The predicted molar refractivity (Wildman–Crippen MR) is 87.2 cm³/mol. The van der Waals surface area contributed by atoms with Crippen molar-refractivity contribution in [2.75, 3.05) is 18.0 Å². The number of nitrogens with zero attached hydrogens (tertiary/aromatic N) is 1. The van der Waals surface area contributed by atoms with Gasteiger partial charge in [-0.3, -0.25) is 4.79 Å². The summed E-state index contributed by atoms with van der Waals surface area (Å²) in [6, 6.07) is 8.57. The first kappa shape index (κ1) is 15.8. The predicted octanol–water partition coefficient (Wildman–Crippen LogP) is 2.42. The van der Waals surface area contributed by atoms with Crippen LogP contribution in [0.2, 0.25) is 0 Å². The third-order valence-electron chi connectivity index (χ3n) is 4.09. The van der Waals surface area contributed by atoms with E-state index < -0.39 is 0 Å². The first-order chi connectivity index (χ1) is 10.2. The molecule has 116 valence electrons. The Labute approximate surface area is 127 Å². The molecule has 1 aliphatic carbocycles. The van der Waals surface area contributed by atoms with Gasteiger partial charge in [0.2, 0.25) is 5.91 Å². The lowest BCUT2D eigenvalue weighted by molar-refractivity contribution is -0.120. The van der Waals surface area contributed by atoms with Gasteiger partial charge in [0.25, 0.3) is 0 Å². The highest BCUT2D eigenvalue weighted by atomic mass is 16.2. The fourth-order valence-corrected chi connectivity index (χ4v) is 2.93. The molecule has 21 heavy (non-hydrogen) atoms. The first-order valence-electron chi connectivity index (χ1n) is 8.06. The molecule has 0 aromatic heterocycles. The summed E-state index contributed by atoms with van der Waals surface area (Å²) in [7, 11) is 0. The van der Waals surface area contributed by atoms with Crippen molar-refractivity contribution in [2.45, 2.75) is 51.6 Å². The number of rotatable bonds is 7. The highest BCUT2D eigenvalue weighted by Gasteiger charge is 2.18. The van der Waals surface area contributed by atoms with Crippen LogP contribution in [0.15, 0.2) is 24.3 Å². The zero-order chi connectivity index (χ0) is 15.1. The summed E-state index contributed by atoms with van der Waals surface area (Å²) in [6.45, 7) is 4.01. The summed E-state index contributed by atoms with van der Waals surface area (Å²) in [5.41, 5.74) is 7.84. The summed E-state index contributed by atoms with van der Waals surface area (Å²) >= 11 is 0. The van der Waals surface area contributed by atoms with Crippen LogP contribution >= 0.6 is 0 Å². The van der Waals surface area contributed by atoms with Gasteiger partial charge in [0.05, 0.1) is 6.54 Å². The standard InChI is InChI=1S/C17H27N3O/c1-2-11-20(16-9-7-14(12-18)8-10-16)13-17(21)19-15-5-3-4-6-15/h7-10,15H,2-6,11-13,18H2,1H3,(H,19,21). The van der Waals surface area contributed by atoms with Gasteiger partial charge in [-0.05, 0) is 37.0 Å². The van der Waals surface area contributed by atoms with Crippen molar-refractivity contribution >= 4 is 11.6 Å². The average molecular weight is 289 g/mol. The van der Waals surface area contributed by atoms with Crippen molar-refractivity contribution in [2.24, 2.45) is 5.73 Å². The summed E-state index contributed by atoms with van der Waals surface area (Å²) in [6.07, 6.45) is 5.76. The molecule has 0 heterocycles. The van der Waals surface area contributed by atoms with Crippen LogP contribution in [0.25, 0.3) is 0 Å². The summed E-state index contributed by atoms with van der Waals surface area (Å²) in [4.78, 5) is 14.4. The minimum Gasteiger partial charge on any atom is -0.362 e. The van der Waals surface area contributed by atoms with Crippen molar-refractivity contribution in [3.05, 3.63) is 29.8 Å². The van der Waals surface area contributed by atoms with E-state index in [0.717, 1.165) is 37.1 Å². The molecule has 1 amide bonds. The van der Waals surface area contributed by atoms with Crippen molar-refractivity contribution in [1.29, 1.82) is 0 Å². The van der Waals surface area contributed by atoms with Gasteiger partial charge in [-0.1, -0.05) is 31.9 Å². The second-order valence-corrected chi connectivity index (χ2v) is 5.84. The van der Waals surface area contributed by atoms with E-state index >= 15 is 0 Å². The van der Waals surface area contributed by atoms with Crippen molar-refractivity contribution in [3.63, 3.8) is 0 Å². The SMILES string of the molecule is CCCN(CC(=O)NC1CCCC1)c1ccc(CN)cc1. The minimum atomic E-state index is 0.137. The lowest BCUT2D eigenvalue weighted by Crippen LogP contribution is -2.41. The molecule has 3 N–H and O–H groups in total. The number of benzene rings is 1. The van der Waals surface area contributed by atoms with Gasteiger partial charge in [0.15, 0.2) is 0 Å². The Hall–Kier alpha value is -1.55. The molecule has 1 saturated carbocycles. The zero-order valence-electron chi connectivity index (χ0n) is 13.0. The van der Waals surface area contributed by atoms with Gasteiger partial charge in [-0.2, -0.15) is 0 Å². The summed E-state index contributed by atoms with van der Waals surface area (Å²) in [5.74, 6) is 0.137. The molecule has 1 aromatic rings. The molecule has 2 rings (SSSR count). The van der Waals surface area contributed by atoms with Gasteiger partial charge in [0.1, 0.15) is 0 Å². The number of anilines is 1. The maximum atomic E-state index is 12.2. The second kappa shape index (κ2) is 8.03. The monoisotopic (exact) mass is 289 g/mol. The van der Waals surface area contributed by atoms with Gasteiger partial charge in [-0.15, -0.1) is 0 Å². The average Bonchev–Trinajstić information content (AvgIpc) is 3.00. The molecule has 1 fully saturated rings. The number of nitrogens with two attached hydrogens (primary N) is 1. The quantitative estimate of drug-likeness (QED) is 0.810. The first-order valence-corrected chi connectivity index (χ1v) is 8.06. The van der Waals surface area contributed by atoms with Gasteiger partial charge < -0.3 is 16.0 Å². The Morgan fingerprint density at radius 3 is 2.52 bits per heavy atom. The molecule has 0 spiro atoms. The Morgan fingerprint density at radius 2 is 1.95 bits per heavy atom.